The number of carbonyl (C=O) groups is 3. The van der Waals surface area contributed by atoms with E-state index in [9.17, 15) is 14.4 Å². The molecule has 0 aliphatic rings. The Morgan fingerprint density at radius 1 is 1.04 bits per heavy atom. The molecule has 0 unspecified atom stereocenters. The molecule has 1 heterocycles. The van der Waals surface area contributed by atoms with Crippen molar-refractivity contribution in [1.82, 2.24) is 10.3 Å². The summed E-state index contributed by atoms with van der Waals surface area (Å²) in [5.41, 5.74) is 1.77. The SMILES string of the molecule is CNC(=O)C(=O)CCCCCCC(=O)Nc1nc(-c2ccc(OC)cc2)cs1. The van der Waals surface area contributed by atoms with Crippen molar-refractivity contribution in [3.63, 3.8) is 0 Å². The molecule has 7 nitrogen and oxygen atoms in total. The van der Waals surface area contributed by atoms with E-state index in [0.717, 1.165) is 36.3 Å². The van der Waals surface area contributed by atoms with Gasteiger partial charge in [0, 0.05) is 30.8 Å². The summed E-state index contributed by atoms with van der Waals surface area (Å²) < 4.78 is 5.14. The zero-order chi connectivity index (χ0) is 20.4. The first-order valence-corrected chi connectivity index (χ1v) is 10.1. The van der Waals surface area contributed by atoms with Gasteiger partial charge in [-0.25, -0.2) is 4.98 Å². The molecule has 0 spiro atoms. The van der Waals surface area contributed by atoms with E-state index in [1.54, 1.807) is 7.11 Å². The Labute approximate surface area is 168 Å². The van der Waals surface area contributed by atoms with E-state index in [2.05, 4.69) is 15.6 Å². The fraction of sp³-hybridized carbons (Fsp3) is 0.400. The fourth-order valence-corrected chi connectivity index (χ4v) is 3.32. The molecule has 0 fully saturated rings. The zero-order valence-electron chi connectivity index (χ0n) is 16.1. The third-order valence-corrected chi connectivity index (χ3v) is 4.93. The third kappa shape index (κ3) is 6.77. The summed E-state index contributed by atoms with van der Waals surface area (Å²) in [5.74, 6) is -0.226. The van der Waals surface area contributed by atoms with Gasteiger partial charge in [-0.05, 0) is 37.1 Å². The molecule has 28 heavy (non-hydrogen) atoms. The Bertz CT molecular complexity index is 802. The molecule has 1 aromatic heterocycles. The van der Waals surface area contributed by atoms with E-state index in [-0.39, 0.29) is 12.3 Å². The largest absolute Gasteiger partial charge is 0.497 e. The first kappa shape index (κ1) is 21.6. The van der Waals surface area contributed by atoms with Crippen molar-refractivity contribution < 1.29 is 19.1 Å². The van der Waals surface area contributed by atoms with Gasteiger partial charge < -0.3 is 15.4 Å². The maximum absolute atomic E-state index is 12.0. The Kier molecular flexibility index (Phi) is 8.61. The van der Waals surface area contributed by atoms with Gasteiger partial charge in [0.05, 0.1) is 12.8 Å². The molecule has 2 aromatic rings. The highest BCUT2D eigenvalue weighted by molar-refractivity contribution is 7.14. The van der Waals surface area contributed by atoms with Gasteiger partial charge >= 0.3 is 0 Å². The lowest BCUT2D eigenvalue weighted by molar-refractivity contribution is -0.137. The smallest absolute Gasteiger partial charge is 0.287 e. The molecule has 2 amide bonds. The molecule has 0 saturated heterocycles. The van der Waals surface area contributed by atoms with Crippen LogP contribution in [0.5, 0.6) is 5.75 Å². The van der Waals surface area contributed by atoms with Crippen LogP contribution in [0.1, 0.15) is 38.5 Å². The highest BCUT2D eigenvalue weighted by atomic mass is 32.1. The molecule has 0 atom stereocenters. The monoisotopic (exact) mass is 403 g/mol. The van der Waals surface area contributed by atoms with Crippen molar-refractivity contribution >= 4 is 34.1 Å². The number of ketones is 1. The zero-order valence-corrected chi connectivity index (χ0v) is 16.9. The van der Waals surface area contributed by atoms with Crippen LogP contribution >= 0.6 is 11.3 Å². The van der Waals surface area contributed by atoms with Gasteiger partial charge in [-0.2, -0.15) is 0 Å². The number of anilines is 1. The van der Waals surface area contributed by atoms with Crippen LogP contribution in [0.3, 0.4) is 0 Å². The Morgan fingerprint density at radius 2 is 1.71 bits per heavy atom. The lowest BCUT2D eigenvalue weighted by Crippen LogP contribution is -2.27. The number of unbranched alkanes of at least 4 members (excludes halogenated alkanes) is 3. The van der Waals surface area contributed by atoms with Crippen molar-refractivity contribution in [3.8, 4) is 17.0 Å². The number of methoxy groups -OCH3 is 1. The highest BCUT2D eigenvalue weighted by Crippen LogP contribution is 2.26. The molecule has 0 saturated carbocycles. The molecule has 8 heteroatoms. The number of nitrogens with one attached hydrogen (secondary N) is 2. The van der Waals surface area contributed by atoms with Gasteiger partial charge in [0.2, 0.25) is 11.7 Å². The minimum Gasteiger partial charge on any atom is -0.497 e. The second kappa shape index (κ2) is 11.2. The standard InChI is InChI=1S/C20H25N3O4S/c1-21-19(26)17(24)7-5-3-4-6-8-18(25)23-20-22-16(13-28-20)14-9-11-15(27-2)12-10-14/h9-13H,3-8H2,1-2H3,(H,21,26)(H,22,23,25). The first-order valence-electron chi connectivity index (χ1n) is 9.18. The van der Waals surface area contributed by atoms with Crippen LogP contribution in [-0.2, 0) is 14.4 Å². The van der Waals surface area contributed by atoms with Crippen molar-refractivity contribution in [2.45, 2.75) is 38.5 Å². The summed E-state index contributed by atoms with van der Waals surface area (Å²) in [6.07, 6.45) is 3.69. The van der Waals surface area contributed by atoms with E-state index >= 15 is 0 Å². The number of carbonyl (C=O) groups excluding carboxylic acids is 3. The molecular formula is C20H25N3O4S. The minimum atomic E-state index is -0.545. The molecular weight excluding hydrogens is 378 g/mol. The summed E-state index contributed by atoms with van der Waals surface area (Å²) in [5, 5.41) is 7.62. The molecule has 1 aromatic carbocycles. The number of hydrogen-bond donors (Lipinski definition) is 2. The average molecular weight is 404 g/mol. The summed E-state index contributed by atoms with van der Waals surface area (Å²) in [6.45, 7) is 0. The van der Waals surface area contributed by atoms with Crippen LogP contribution in [0.4, 0.5) is 5.13 Å². The van der Waals surface area contributed by atoms with Gasteiger partial charge in [0.15, 0.2) is 5.13 Å². The van der Waals surface area contributed by atoms with E-state index < -0.39 is 11.7 Å². The Hall–Kier alpha value is -2.74. The van der Waals surface area contributed by atoms with E-state index in [1.165, 1.54) is 18.4 Å². The summed E-state index contributed by atoms with van der Waals surface area (Å²) in [7, 11) is 3.07. The van der Waals surface area contributed by atoms with Gasteiger partial charge in [-0.3, -0.25) is 14.4 Å². The van der Waals surface area contributed by atoms with Crippen molar-refractivity contribution in [2.24, 2.45) is 0 Å². The van der Waals surface area contributed by atoms with Gasteiger partial charge in [-0.1, -0.05) is 12.8 Å². The fourth-order valence-electron chi connectivity index (χ4n) is 2.58. The van der Waals surface area contributed by atoms with Crippen LogP contribution in [-0.4, -0.2) is 36.7 Å². The summed E-state index contributed by atoms with van der Waals surface area (Å²) in [4.78, 5) is 38.9. The maximum atomic E-state index is 12.0. The van der Waals surface area contributed by atoms with Crippen LogP contribution in [0.15, 0.2) is 29.6 Å². The number of amides is 2. The maximum Gasteiger partial charge on any atom is 0.287 e. The lowest BCUT2D eigenvalue weighted by atomic mass is 10.1. The molecule has 0 radical (unpaired) electrons. The second-order valence-electron chi connectivity index (χ2n) is 6.23. The molecule has 0 aliphatic carbocycles. The number of likely N-dealkylation sites (N-methyl/N-ethyl adjacent to an activating group) is 1. The third-order valence-electron chi connectivity index (χ3n) is 4.17. The number of rotatable bonds is 11. The normalized spacial score (nSPS) is 10.4. The Morgan fingerprint density at radius 3 is 2.36 bits per heavy atom. The van der Waals surface area contributed by atoms with Gasteiger partial charge in [0.25, 0.3) is 5.91 Å². The number of nitrogens with zero attached hydrogens (tertiary/aromatic N) is 1. The van der Waals surface area contributed by atoms with E-state index in [0.29, 0.717) is 18.0 Å². The molecule has 2 N–H and O–H groups in total. The van der Waals surface area contributed by atoms with Crippen molar-refractivity contribution in [1.29, 1.82) is 0 Å². The predicted molar refractivity (Wildman–Crippen MR) is 110 cm³/mol. The Balaban J connectivity index is 1.67. The lowest BCUT2D eigenvalue weighted by Gasteiger charge is -2.03. The summed E-state index contributed by atoms with van der Waals surface area (Å²) >= 11 is 1.39. The number of aromatic nitrogens is 1. The van der Waals surface area contributed by atoms with Gasteiger partial charge in [-0.15, -0.1) is 11.3 Å². The molecule has 150 valence electrons. The van der Waals surface area contributed by atoms with E-state index in [1.807, 2.05) is 29.6 Å². The second-order valence-corrected chi connectivity index (χ2v) is 7.09. The van der Waals surface area contributed by atoms with Gasteiger partial charge in [0.1, 0.15) is 5.75 Å². The molecule has 2 rings (SSSR count). The van der Waals surface area contributed by atoms with Crippen molar-refractivity contribution in [2.75, 3.05) is 19.5 Å². The first-order chi connectivity index (χ1) is 13.5. The summed E-state index contributed by atoms with van der Waals surface area (Å²) in [6, 6.07) is 7.59. The highest BCUT2D eigenvalue weighted by Gasteiger charge is 2.11. The van der Waals surface area contributed by atoms with Crippen LogP contribution in [0.25, 0.3) is 11.3 Å². The number of benzene rings is 1. The number of ether oxygens (including phenoxy) is 1. The van der Waals surface area contributed by atoms with Crippen LogP contribution < -0.4 is 15.4 Å². The van der Waals surface area contributed by atoms with Crippen molar-refractivity contribution in [3.05, 3.63) is 29.6 Å². The van der Waals surface area contributed by atoms with E-state index in [4.69, 9.17) is 4.74 Å². The average Bonchev–Trinajstić information content (AvgIpc) is 3.18. The van der Waals surface area contributed by atoms with Crippen LogP contribution in [0.2, 0.25) is 0 Å². The molecule has 0 aliphatic heterocycles. The molecule has 0 bridgehead atoms. The minimum absolute atomic E-state index is 0.0722. The number of thiazole rings is 1. The number of Topliss-reactive ketones (excluding diaryl/α,β-unsaturated/α-hetero) is 1. The topological polar surface area (TPSA) is 97.4 Å². The quantitative estimate of drug-likeness (QED) is 0.443. The van der Waals surface area contributed by atoms with Crippen LogP contribution in [0, 0.1) is 0 Å². The number of hydrogen-bond acceptors (Lipinski definition) is 6. The predicted octanol–water partition coefficient (Wildman–Crippen LogP) is 3.41.